The van der Waals surface area contributed by atoms with Crippen molar-refractivity contribution in [2.45, 2.75) is 11.8 Å². The van der Waals surface area contributed by atoms with Gasteiger partial charge >= 0.3 is 5.97 Å². The molecule has 0 aromatic heterocycles. The van der Waals surface area contributed by atoms with E-state index >= 15 is 0 Å². The fraction of sp³-hybridized carbons (Fsp3) is 0.200. The van der Waals surface area contributed by atoms with Crippen LogP contribution in [0.15, 0.2) is 77.7 Å². The Balaban J connectivity index is 1.63. The molecule has 3 rings (SSSR count). The van der Waals surface area contributed by atoms with Crippen molar-refractivity contribution in [3.8, 4) is 11.5 Å². The molecule has 35 heavy (non-hydrogen) atoms. The molecular formula is C25H26N2O7S. The van der Waals surface area contributed by atoms with Crippen LogP contribution in [0.25, 0.3) is 0 Å². The lowest BCUT2D eigenvalue weighted by atomic mass is 10.2. The van der Waals surface area contributed by atoms with Gasteiger partial charge in [0.25, 0.3) is 15.9 Å². The molecule has 0 bridgehead atoms. The molecule has 0 unspecified atom stereocenters. The Hall–Kier alpha value is -4.05. The maximum absolute atomic E-state index is 13.1. The van der Waals surface area contributed by atoms with E-state index in [1.807, 2.05) is 6.92 Å². The summed E-state index contributed by atoms with van der Waals surface area (Å²) in [5.74, 6) is -0.0956. The van der Waals surface area contributed by atoms with Crippen LogP contribution in [0.5, 0.6) is 11.5 Å². The monoisotopic (exact) mass is 498 g/mol. The summed E-state index contributed by atoms with van der Waals surface area (Å²) in [6.07, 6.45) is 0. The number of nitrogens with one attached hydrogen (secondary N) is 1. The largest absolute Gasteiger partial charge is 0.497 e. The number of benzene rings is 3. The van der Waals surface area contributed by atoms with Crippen molar-refractivity contribution in [1.29, 1.82) is 0 Å². The molecule has 0 aliphatic carbocycles. The van der Waals surface area contributed by atoms with Crippen molar-refractivity contribution in [3.63, 3.8) is 0 Å². The van der Waals surface area contributed by atoms with Gasteiger partial charge < -0.3 is 19.5 Å². The number of sulfonamides is 1. The number of nitrogens with zero attached hydrogens (tertiary/aromatic N) is 1. The van der Waals surface area contributed by atoms with Crippen molar-refractivity contribution < 1.29 is 32.2 Å². The third-order valence-electron chi connectivity index (χ3n) is 4.95. The van der Waals surface area contributed by atoms with Gasteiger partial charge in [-0.2, -0.15) is 0 Å². The summed E-state index contributed by atoms with van der Waals surface area (Å²) in [4.78, 5) is 24.5. The number of rotatable bonds is 10. The van der Waals surface area contributed by atoms with E-state index in [1.165, 1.54) is 38.4 Å². The molecule has 0 fully saturated rings. The molecule has 0 saturated heterocycles. The standard InChI is InChI=1S/C25H26N2O7S/c1-4-33-22-12-8-19(9-13-22)26-24(28)17-34-25(29)18-6-5-7-23(16-18)35(30,31)27(2)20-10-14-21(32-3)15-11-20/h5-16H,4,17H2,1-3H3,(H,26,28). The normalized spacial score (nSPS) is 10.8. The lowest BCUT2D eigenvalue weighted by Crippen LogP contribution is -2.26. The summed E-state index contributed by atoms with van der Waals surface area (Å²) in [6, 6.07) is 18.7. The Labute approximate surface area is 204 Å². The summed E-state index contributed by atoms with van der Waals surface area (Å²) >= 11 is 0. The molecule has 0 radical (unpaired) electrons. The Bertz CT molecular complexity index is 1270. The molecule has 0 saturated carbocycles. The molecule has 0 aliphatic heterocycles. The van der Waals surface area contributed by atoms with Crippen molar-refractivity contribution >= 4 is 33.3 Å². The number of carbonyl (C=O) groups excluding carboxylic acids is 2. The molecule has 184 valence electrons. The van der Waals surface area contributed by atoms with Gasteiger partial charge in [0.05, 0.1) is 29.9 Å². The topological polar surface area (TPSA) is 111 Å². The van der Waals surface area contributed by atoms with Crippen LogP contribution >= 0.6 is 0 Å². The summed E-state index contributed by atoms with van der Waals surface area (Å²) in [5.41, 5.74) is 0.942. The number of esters is 1. The zero-order valence-electron chi connectivity index (χ0n) is 19.6. The third kappa shape index (κ3) is 6.51. The number of amides is 1. The molecule has 0 aliphatic rings. The van der Waals surface area contributed by atoms with E-state index < -0.39 is 28.5 Å². The van der Waals surface area contributed by atoms with Crippen LogP contribution in [0.4, 0.5) is 11.4 Å². The van der Waals surface area contributed by atoms with Gasteiger partial charge in [-0.1, -0.05) is 6.07 Å². The van der Waals surface area contributed by atoms with Crippen LogP contribution in [0.2, 0.25) is 0 Å². The summed E-state index contributed by atoms with van der Waals surface area (Å²) in [6.45, 7) is 1.87. The average Bonchev–Trinajstić information content (AvgIpc) is 2.88. The van der Waals surface area contributed by atoms with Gasteiger partial charge in [-0.15, -0.1) is 0 Å². The van der Waals surface area contributed by atoms with Crippen molar-refractivity contribution in [2.24, 2.45) is 0 Å². The van der Waals surface area contributed by atoms with Gasteiger partial charge in [0.15, 0.2) is 6.61 Å². The quantitative estimate of drug-likeness (QED) is 0.424. The Morgan fingerprint density at radius 3 is 2.23 bits per heavy atom. The van der Waals surface area contributed by atoms with Crippen LogP contribution < -0.4 is 19.1 Å². The number of hydrogen-bond acceptors (Lipinski definition) is 7. The fourth-order valence-electron chi connectivity index (χ4n) is 3.09. The predicted octanol–water partition coefficient (Wildman–Crippen LogP) is 3.71. The molecule has 3 aromatic rings. The maximum Gasteiger partial charge on any atom is 0.338 e. The average molecular weight is 499 g/mol. The van der Waals surface area contributed by atoms with Gasteiger partial charge in [-0.25, -0.2) is 13.2 Å². The van der Waals surface area contributed by atoms with Gasteiger partial charge in [-0.05, 0) is 73.7 Å². The smallest absolute Gasteiger partial charge is 0.338 e. The first kappa shape index (κ1) is 25.6. The molecule has 3 aromatic carbocycles. The highest BCUT2D eigenvalue weighted by molar-refractivity contribution is 7.92. The van der Waals surface area contributed by atoms with Crippen LogP contribution in [0.3, 0.4) is 0 Å². The van der Waals surface area contributed by atoms with Crippen molar-refractivity contribution in [3.05, 3.63) is 78.4 Å². The number of methoxy groups -OCH3 is 1. The second kappa shape index (κ2) is 11.4. The number of anilines is 2. The maximum atomic E-state index is 13.1. The summed E-state index contributed by atoms with van der Waals surface area (Å²) < 4.78 is 42.7. The van der Waals surface area contributed by atoms with E-state index in [4.69, 9.17) is 14.2 Å². The molecule has 1 amide bonds. The summed E-state index contributed by atoms with van der Waals surface area (Å²) in [5, 5.41) is 2.61. The highest BCUT2D eigenvalue weighted by Gasteiger charge is 2.23. The molecule has 0 atom stereocenters. The highest BCUT2D eigenvalue weighted by Crippen LogP contribution is 2.25. The Kier molecular flexibility index (Phi) is 8.32. The van der Waals surface area contributed by atoms with E-state index in [0.29, 0.717) is 29.5 Å². The predicted molar refractivity (Wildman–Crippen MR) is 132 cm³/mol. The van der Waals surface area contributed by atoms with E-state index in [0.717, 1.165) is 4.31 Å². The first-order chi connectivity index (χ1) is 16.7. The van der Waals surface area contributed by atoms with Crippen LogP contribution in [0, 0.1) is 0 Å². The zero-order chi connectivity index (χ0) is 25.4. The van der Waals surface area contributed by atoms with Crippen molar-refractivity contribution in [1.82, 2.24) is 0 Å². The summed E-state index contributed by atoms with van der Waals surface area (Å²) in [7, 11) is -1.02. The van der Waals surface area contributed by atoms with E-state index in [1.54, 1.807) is 48.5 Å². The van der Waals surface area contributed by atoms with E-state index in [9.17, 15) is 18.0 Å². The molecule has 1 N–H and O–H groups in total. The van der Waals surface area contributed by atoms with Crippen LogP contribution in [0.1, 0.15) is 17.3 Å². The van der Waals surface area contributed by atoms with E-state index in [2.05, 4.69) is 5.32 Å². The molecule has 0 spiro atoms. The Morgan fingerprint density at radius 1 is 0.943 bits per heavy atom. The lowest BCUT2D eigenvalue weighted by Gasteiger charge is -2.20. The number of hydrogen-bond donors (Lipinski definition) is 1. The number of ether oxygens (including phenoxy) is 3. The molecule has 9 nitrogen and oxygen atoms in total. The first-order valence-electron chi connectivity index (χ1n) is 10.7. The molecular weight excluding hydrogens is 472 g/mol. The highest BCUT2D eigenvalue weighted by atomic mass is 32.2. The van der Waals surface area contributed by atoms with Crippen LogP contribution in [-0.4, -0.2) is 47.7 Å². The third-order valence-corrected chi connectivity index (χ3v) is 6.73. The first-order valence-corrected chi connectivity index (χ1v) is 12.1. The zero-order valence-corrected chi connectivity index (χ0v) is 20.4. The lowest BCUT2D eigenvalue weighted by molar-refractivity contribution is -0.119. The minimum Gasteiger partial charge on any atom is -0.497 e. The second-order valence-corrected chi connectivity index (χ2v) is 9.25. The van der Waals surface area contributed by atoms with Gasteiger partial charge in [-0.3, -0.25) is 9.10 Å². The minimum absolute atomic E-state index is 0.00285. The minimum atomic E-state index is -3.95. The SMILES string of the molecule is CCOc1ccc(NC(=O)COC(=O)c2cccc(S(=O)(=O)N(C)c3ccc(OC)cc3)c2)cc1. The van der Waals surface area contributed by atoms with Gasteiger partial charge in [0.2, 0.25) is 0 Å². The molecule has 10 heteroatoms. The van der Waals surface area contributed by atoms with Gasteiger partial charge in [0.1, 0.15) is 11.5 Å². The Morgan fingerprint density at radius 2 is 1.60 bits per heavy atom. The number of carbonyl (C=O) groups is 2. The van der Waals surface area contributed by atoms with E-state index in [-0.39, 0.29) is 10.5 Å². The second-order valence-electron chi connectivity index (χ2n) is 7.28. The van der Waals surface area contributed by atoms with Crippen molar-refractivity contribution in [2.75, 3.05) is 37.0 Å². The van der Waals surface area contributed by atoms with Gasteiger partial charge in [0, 0.05) is 12.7 Å². The van der Waals surface area contributed by atoms with Crippen LogP contribution in [-0.2, 0) is 19.6 Å². The molecule has 0 heterocycles. The fourth-order valence-corrected chi connectivity index (χ4v) is 4.33.